The first-order chi connectivity index (χ1) is 8.79. The largest absolute Gasteiger partial charge is 0.463 e. The molecule has 0 radical (unpaired) electrons. The summed E-state index contributed by atoms with van der Waals surface area (Å²) in [5.41, 5.74) is 2.05. The number of nitrogens with zero attached hydrogens (tertiary/aromatic N) is 2. The van der Waals surface area contributed by atoms with Crippen molar-refractivity contribution < 1.29 is 9.53 Å². The zero-order chi connectivity index (χ0) is 12.8. The maximum absolute atomic E-state index is 11.2. The zero-order valence-electron chi connectivity index (χ0n) is 10.6. The van der Waals surface area contributed by atoms with Gasteiger partial charge in [0.25, 0.3) is 0 Å². The van der Waals surface area contributed by atoms with E-state index in [1.165, 1.54) is 18.9 Å². The Morgan fingerprint density at radius 3 is 2.94 bits per heavy atom. The van der Waals surface area contributed by atoms with Gasteiger partial charge in [-0.05, 0) is 37.5 Å². The van der Waals surface area contributed by atoms with Gasteiger partial charge in [-0.15, -0.1) is 0 Å². The van der Waals surface area contributed by atoms with Crippen molar-refractivity contribution in [3.63, 3.8) is 0 Å². The Balaban J connectivity index is 2.05. The van der Waals surface area contributed by atoms with Gasteiger partial charge in [0.15, 0.2) is 0 Å². The van der Waals surface area contributed by atoms with Crippen LogP contribution in [-0.4, -0.2) is 30.6 Å². The highest BCUT2D eigenvalue weighted by Crippen LogP contribution is 2.20. The van der Waals surface area contributed by atoms with Crippen LogP contribution in [-0.2, 0) is 9.53 Å². The number of anilines is 1. The summed E-state index contributed by atoms with van der Waals surface area (Å²) in [6.07, 6.45) is 9.27. The monoisotopic (exact) mass is 246 g/mol. The third kappa shape index (κ3) is 3.32. The lowest BCUT2D eigenvalue weighted by atomic mass is 10.2. The van der Waals surface area contributed by atoms with Gasteiger partial charge in [0.2, 0.25) is 0 Å². The molecule has 1 aliphatic heterocycles. The average molecular weight is 246 g/mol. The normalized spacial score (nSPS) is 15.3. The highest BCUT2D eigenvalue weighted by Gasteiger charge is 2.12. The maximum atomic E-state index is 11.2. The van der Waals surface area contributed by atoms with Crippen LogP contribution >= 0.6 is 0 Å². The molecular formula is C14H18N2O2. The first-order valence-electron chi connectivity index (χ1n) is 6.34. The fourth-order valence-corrected chi connectivity index (χ4v) is 2.04. The van der Waals surface area contributed by atoms with Gasteiger partial charge in [-0.25, -0.2) is 4.79 Å². The van der Waals surface area contributed by atoms with Gasteiger partial charge in [-0.3, -0.25) is 4.98 Å². The molecule has 1 aromatic heterocycles. The molecule has 18 heavy (non-hydrogen) atoms. The molecule has 0 amide bonds. The molecule has 4 heteroatoms. The van der Waals surface area contributed by atoms with Crippen LogP contribution in [0.2, 0.25) is 0 Å². The van der Waals surface area contributed by atoms with E-state index in [4.69, 9.17) is 4.74 Å². The average Bonchev–Trinajstić information content (AvgIpc) is 2.91. The number of aromatic nitrogens is 1. The van der Waals surface area contributed by atoms with Crippen LogP contribution in [0.3, 0.4) is 0 Å². The van der Waals surface area contributed by atoms with E-state index in [0.717, 1.165) is 24.3 Å². The molecule has 1 aromatic rings. The number of ether oxygens (including phenoxy) is 1. The summed E-state index contributed by atoms with van der Waals surface area (Å²) in [7, 11) is 0. The minimum Gasteiger partial charge on any atom is -0.463 e. The minimum atomic E-state index is -0.316. The van der Waals surface area contributed by atoms with Crippen LogP contribution in [0.15, 0.2) is 24.5 Å². The lowest BCUT2D eigenvalue weighted by Crippen LogP contribution is -2.17. The summed E-state index contributed by atoms with van der Waals surface area (Å²) >= 11 is 0. The summed E-state index contributed by atoms with van der Waals surface area (Å²) in [5, 5.41) is 0. The van der Waals surface area contributed by atoms with E-state index >= 15 is 0 Å². The summed E-state index contributed by atoms with van der Waals surface area (Å²) in [6.45, 7) is 4.37. The van der Waals surface area contributed by atoms with Crippen molar-refractivity contribution in [1.29, 1.82) is 0 Å². The number of hydrogen-bond acceptors (Lipinski definition) is 4. The van der Waals surface area contributed by atoms with Gasteiger partial charge < -0.3 is 9.64 Å². The number of pyridine rings is 1. The Morgan fingerprint density at radius 1 is 1.44 bits per heavy atom. The molecule has 0 unspecified atom stereocenters. The standard InChI is InChI=1S/C14H18N2O2/c1-2-18-14(17)6-5-12-9-13(11-15-10-12)16-7-3-4-8-16/h5-6,9-11H,2-4,7-8H2,1H3/b6-5+. The first kappa shape index (κ1) is 12.6. The van der Waals surface area contributed by atoms with Crippen LogP contribution in [0.1, 0.15) is 25.3 Å². The predicted molar refractivity (Wildman–Crippen MR) is 71.4 cm³/mol. The smallest absolute Gasteiger partial charge is 0.330 e. The number of rotatable bonds is 4. The van der Waals surface area contributed by atoms with E-state index < -0.39 is 0 Å². The summed E-state index contributed by atoms with van der Waals surface area (Å²) in [5.74, 6) is -0.316. The van der Waals surface area contributed by atoms with Crippen molar-refractivity contribution in [3.8, 4) is 0 Å². The molecule has 0 aliphatic carbocycles. The summed E-state index contributed by atoms with van der Waals surface area (Å²) in [4.78, 5) is 17.7. The topological polar surface area (TPSA) is 42.4 Å². The lowest BCUT2D eigenvalue weighted by molar-refractivity contribution is -0.137. The molecule has 0 bridgehead atoms. The van der Waals surface area contributed by atoms with Crippen molar-refractivity contribution >= 4 is 17.7 Å². The number of carbonyl (C=O) groups is 1. The molecule has 0 spiro atoms. The summed E-state index contributed by atoms with van der Waals surface area (Å²) < 4.78 is 4.84. The molecule has 1 fully saturated rings. The highest BCUT2D eigenvalue weighted by molar-refractivity contribution is 5.87. The maximum Gasteiger partial charge on any atom is 0.330 e. The van der Waals surface area contributed by atoms with E-state index in [0.29, 0.717) is 6.61 Å². The van der Waals surface area contributed by atoms with Crippen LogP contribution in [0, 0.1) is 0 Å². The third-order valence-electron chi connectivity index (χ3n) is 2.91. The van der Waals surface area contributed by atoms with Crippen molar-refractivity contribution in [2.75, 3.05) is 24.6 Å². The van der Waals surface area contributed by atoms with E-state index in [2.05, 4.69) is 9.88 Å². The molecular weight excluding hydrogens is 228 g/mol. The second kappa shape index (κ2) is 6.19. The third-order valence-corrected chi connectivity index (χ3v) is 2.91. The minimum absolute atomic E-state index is 0.316. The summed E-state index contributed by atoms with van der Waals surface area (Å²) in [6, 6.07) is 2.05. The van der Waals surface area contributed by atoms with Crippen molar-refractivity contribution in [1.82, 2.24) is 4.98 Å². The molecule has 1 saturated heterocycles. The molecule has 1 aliphatic rings. The van der Waals surface area contributed by atoms with E-state index in [1.807, 2.05) is 12.3 Å². The molecule has 0 N–H and O–H groups in total. The van der Waals surface area contributed by atoms with Gasteiger partial charge in [-0.1, -0.05) is 0 Å². The molecule has 2 rings (SSSR count). The van der Waals surface area contributed by atoms with E-state index in [-0.39, 0.29) is 5.97 Å². The van der Waals surface area contributed by atoms with Gasteiger partial charge in [0, 0.05) is 25.4 Å². The number of carbonyl (C=O) groups excluding carboxylic acids is 1. The van der Waals surface area contributed by atoms with Crippen LogP contribution in [0.4, 0.5) is 5.69 Å². The Hall–Kier alpha value is -1.84. The second-order valence-corrected chi connectivity index (χ2v) is 4.26. The number of hydrogen-bond donors (Lipinski definition) is 0. The SMILES string of the molecule is CCOC(=O)/C=C/c1cncc(N2CCCC2)c1. The Labute approximate surface area is 107 Å². The molecule has 4 nitrogen and oxygen atoms in total. The molecule has 2 heterocycles. The van der Waals surface area contributed by atoms with Gasteiger partial charge in [0.05, 0.1) is 18.5 Å². The van der Waals surface area contributed by atoms with Gasteiger partial charge >= 0.3 is 5.97 Å². The first-order valence-corrected chi connectivity index (χ1v) is 6.34. The molecule has 0 aromatic carbocycles. The van der Waals surface area contributed by atoms with Crippen LogP contribution in [0.5, 0.6) is 0 Å². The van der Waals surface area contributed by atoms with E-state index in [1.54, 1.807) is 19.2 Å². The fourth-order valence-electron chi connectivity index (χ4n) is 2.04. The quantitative estimate of drug-likeness (QED) is 0.603. The molecule has 96 valence electrons. The van der Waals surface area contributed by atoms with Crippen molar-refractivity contribution in [3.05, 3.63) is 30.1 Å². The van der Waals surface area contributed by atoms with Crippen LogP contribution < -0.4 is 4.90 Å². The van der Waals surface area contributed by atoms with Crippen LogP contribution in [0.25, 0.3) is 6.08 Å². The predicted octanol–water partition coefficient (Wildman–Crippen LogP) is 2.26. The zero-order valence-corrected chi connectivity index (χ0v) is 10.6. The fraction of sp³-hybridized carbons (Fsp3) is 0.429. The van der Waals surface area contributed by atoms with Gasteiger partial charge in [-0.2, -0.15) is 0 Å². The van der Waals surface area contributed by atoms with Crippen molar-refractivity contribution in [2.45, 2.75) is 19.8 Å². The van der Waals surface area contributed by atoms with Crippen molar-refractivity contribution in [2.24, 2.45) is 0 Å². The Morgan fingerprint density at radius 2 is 2.22 bits per heavy atom. The molecule has 0 atom stereocenters. The molecule has 0 saturated carbocycles. The Bertz CT molecular complexity index is 437. The number of esters is 1. The van der Waals surface area contributed by atoms with E-state index in [9.17, 15) is 4.79 Å². The lowest BCUT2D eigenvalue weighted by Gasteiger charge is -2.17. The highest BCUT2D eigenvalue weighted by atomic mass is 16.5. The Kier molecular flexibility index (Phi) is 4.34. The second-order valence-electron chi connectivity index (χ2n) is 4.26. The van der Waals surface area contributed by atoms with Gasteiger partial charge in [0.1, 0.15) is 0 Å².